The van der Waals surface area contributed by atoms with Gasteiger partial charge >= 0.3 is 0 Å². The molecule has 0 N–H and O–H groups in total. The minimum Gasteiger partial charge on any atom is -0.310 e. The minimum atomic E-state index is -0.211. The maximum absolute atomic E-state index is 14.9. The lowest BCUT2D eigenvalue weighted by Crippen LogP contribution is -2.11. The Kier molecular flexibility index (Phi) is 4.34. The monoisotopic (exact) mass is 491 g/mol. The Morgan fingerprint density at radius 2 is 1.05 bits per heavy atom. The molecule has 5 nitrogen and oxygen atoms in total. The largest absolute Gasteiger partial charge is 0.310 e. The second-order valence-electron chi connectivity index (χ2n) is 9.42. The van der Waals surface area contributed by atoms with E-state index in [1.54, 1.807) is 18.7 Å². The van der Waals surface area contributed by atoms with Gasteiger partial charge in [0.2, 0.25) is 0 Å². The molecule has 2 aromatic heterocycles. The summed E-state index contributed by atoms with van der Waals surface area (Å²) in [6, 6.07) is 28.1. The molecule has 0 saturated heterocycles. The van der Waals surface area contributed by atoms with Crippen LogP contribution in [0.2, 0.25) is 0 Å². The first-order chi connectivity index (χ1) is 18.7. The average Bonchev–Trinajstić information content (AvgIpc) is 2.97. The molecule has 8 aromatic rings. The molecule has 0 saturated carbocycles. The molecule has 178 valence electrons. The third-order valence-electron chi connectivity index (χ3n) is 7.33. The number of aromatic nitrogens is 4. The predicted octanol–water partition coefficient (Wildman–Crippen LogP) is 8.08. The lowest BCUT2D eigenvalue weighted by Gasteiger charge is -2.28. The van der Waals surface area contributed by atoms with Crippen molar-refractivity contribution >= 4 is 71.2 Å². The molecule has 0 spiro atoms. The summed E-state index contributed by atoms with van der Waals surface area (Å²) in [5.41, 5.74) is 4.59. The highest BCUT2D eigenvalue weighted by atomic mass is 19.1. The van der Waals surface area contributed by atoms with Crippen LogP contribution in [-0.2, 0) is 0 Å². The molecule has 8 rings (SSSR count). The van der Waals surface area contributed by atoms with Gasteiger partial charge in [-0.3, -0.25) is 0 Å². The topological polar surface area (TPSA) is 54.8 Å². The van der Waals surface area contributed by atoms with Gasteiger partial charge in [-0.15, -0.1) is 0 Å². The summed E-state index contributed by atoms with van der Waals surface area (Å²) in [6.07, 6.45) is 6.75. The number of fused-ring (bicyclic) bond motifs is 2. The lowest BCUT2D eigenvalue weighted by atomic mass is 9.92. The van der Waals surface area contributed by atoms with Crippen LogP contribution in [0.15, 0.2) is 110 Å². The van der Waals surface area contributed by atoms with Crippen molar-refractivity contribution in [2.75, 3.05) is 4.90 Å². The van der Waals surface area contributed by atoms with Crippen molar-refractivity contribution in [2.24, 2.45) is 0 Å². The standard InChI is InChI=1S/C32H18FN5/c33-27-11-5-19-4-10-26-30(12-6-20-3-9-25(27)31(19)32(20)26)38(23-7-1-21-15-34-17-36-28(21)13-23)24-8-2-22-16-35-18-37-29(22)14-24/h1-18H. The first kappa shape index (κ1) is 20.9. The average molecular weight is 492 g/mol. The zero-order valence-corrected chi connectivity index (χ0v) is 20.0. The Balaban J connectivity index is 1.47. The van der Waals surface area contributed by atoms with Crippen molar-refractivity contribution in [1.29, 1.82) is 0 Å². The van der Waals surface area contributed by atoms with Crippen LogP contribution in [0.4, 0.5) is 21.5 Å². The van der Waals surface area contributed by atoms with Crippen LogP contribution >= 0.6 is 0 Å². The van der Waals surface area contributed by atoms with E-state index in [1.165, 1.54) is 0 Å². The van der Waals surface area contributed by atoms with Gasteiger partial charge in [0.1, 0.15) is 18.5 Å². The Hall–Kier alpha value is -5.23. The molecule has 6 heteroatoms. The quantitative estimate of drug-likeness (QED) is 0.234. The molecule has 0 atom stereocenters. The third kappa shape index (κ3) is 3.04. The zero-order valence-electron chi connectivity index (χ0n) is 20.0. The molecule has 0 aliphatic rings. The van der Waals surface area contributed by atoms with Gasteiger partial charge < -0.3 is 4.90 Å². The summed E-state index contributed by atoms with van der Waals surface area (Å²) < 4.78 is 14.9. The molecule has 0 fully saturated rings. The molecule has 6 aromatic carbocycles. The smallest absolute Gasteiger partial charge is 0.131 e. The number of benzene rings is 6. The fraction of sp³-hybridized carbons (Fsp3) is 0. The molecule has 0 radical (unpaired) electrons. The van der Waals surface area contributed by atoms with Crippen LogP contribution in [0.25, 0.3) is 54.1 Å². The maximum atomic E-state index is 14.9. The Morgan fingerprint density at radius 3 is 1.71 bits per heavy atom. The number of anilines is 3. The molecule has 0 unspecified atom stereocenters. The Labute approximate surface area is 216 Å². The number of hydrogen-bond acceptors (Lipinski definition) is 5. The van der Waals surface area contributed by atoms with E-state index in [2.05, 4.69) is 73.4 Å². The van der Waals surface area contributed by atoms with Gasteiger partial charge in [0.15, 0.2) is 0 Å². The summed E-state index contributed by atoms with van der Waals surface area (Å²) in [4.78, 5) is 19.5. The summed E-state index contributed by atoms with van der Waals surface area (Å²) >= 11 is 0. The molecule has 0 bridgehead atoms. The fourth-order valence-electron chi connectivity index (χ4n) is 5.57. The van der Waals surface area contributed by atoms with Crippen LogP contribution < -0.4 is 4.90 Å². The highest BCUT2D eigenvalue weighted by Crippen LogP contribution is 2.44. The van der Waals surface area contributed by atoms with Crippen molar-refractivity contribution in [3.8, 4) is 0 Å². The highest BCUT2D eigenvalue weighted by molar-refractivity contribution is 6.26. The van der Waals surface area contributed by atoms with Crippen molar-refractivity contribution in [1.82, 2.24) is 19.9 Å². The van der Waals surface area contributed by atoms with Gasteiger partial charge in [-0.25, -0.2) is 24.3 Å². The Morgan fingerprint density at radius 1 is 0.526 bits per heavy atom. The molecule has 0 aliphatic carbocycles. The molecule has 38 heavy (non-hydrogen) atoms. The first-order valence-electron chi connectivity index (χ1n) is 12.3. The maximum Gasteiger partial charge on any atom is 0.131 e. The lowest BCUT2D eigenvalue weighted by molar-refractivity contribution is 0.640. The van der Waals surface area contributed by atoms with E-state index >= 15 is 0 Å². The predicted molar refractivity (Wildman–Crippen MR) is 151 cm³/mol. The Bertz CT molecular complexity index is 2100. The van der Waals surface area contributed by atoms with Gasteiger partial charge in [-0.2, -0.15) is 0 Å². The van der Waals surface area contributed by atoms with E-state index in [0.717, 1.165) is 65.8 Å². The molecular weight excluding hydrogens is 473 g/mol. The van der Waals surface area contributed by atoms with Crippen LogP contribution in [0.3, 0.4) is 0 Å². The summed E-state index contributed by atoms with van der Waals surface area (Å²) in [5, 5.41) is 7.69. The van der Waals surface area contributed by atoms with Crippen LogP contribution in [0.5, 0.6) is 0 Å². The zero-order chi connectivity index (χ0) is 25.2. The van der Waals surface area contributed by atoms with Crippen LogP contribution in [0.1, 0.15) is 0 Å². The van der Waals surface area contributed by atoms with E-state index in [0.29, 0.717) is 5.39 Å². The SMILES string of the molecule is Fc1ccc2ccc3c(N(c4ccc5cncnc5c4)c4ccc5cncnc5c4)ccc4ccc1c2c43. The normalized spacial score (nSPS) is 11.8. The van der Waals surface area contributed by atoms with Crippen molar-refractivity contribution in [3.05, 3.63) is 116 Å². The third-order valence-corrected chi connectivity index (χ3v) is 7.33. The van der Waals surface area contributed by atoms with Gasteiger partial charge in [0.05, 0.1) is 16.7 Å². The molecule has 2 heterocycles. The van der Waals surface area contributed by atoms with Gasteiger partial charge in [0.25, 0.3) is 0 Å². The summed E-state index contributed by atoms with van der Waals surface area (Å²) in [5.74, 6) is -0.211. The van der Waals surface area contributed by atoms with Crippen molar-refractivity contribution < 1.29 is 4.39 Å². The van der Waals surface area contributed by atoms with E-state index in [-0.39, 0.29) is 5.82 Å². The van der Waals surface area contributed by atoms with Crippen LogP contribution in [0, 0.1) is 5.82 Å². The number of halogens is 1. The second kappa shape index (κ2) is 7.88. The van der Waals surface area contributed by atoms with Gasteiger partial charge in [0, 0.05) is 50.7 Å². The van der Waals surface area contributed by atoms with E-state index in [1.807, 2.05) is 42.7 Å². The van der Waals surface area contributed by atoms with Gasteiger partial charge in [-0.05, 0) is 64.7 Å². The summed E-state index contributed by atoms with van der Waals surface area (Å²) in [7, 11) is 0. The highest BCUT2D eigenvalue weighted by Gasteiger charge is 2.20. The first-order valence-corrected chi connectivity index (χ1v) is 12.3. The van der Waals surface area contributed by atoms with Crippen LogP contribution in [-0.4, -0.2) is 19.9 Å². The fourth-order valence-corrected chi connectivity index (χ4v) is 5.57. The molecule has 0 aliphatic heterocycles. The van der Waals surface area contributed by atoms with Crippen molar-refractivity contribution in [2.45, 2.75) is 0 Å². The van der Waals surface area contributed by atoms with Gasteiger partial charge in [-0.1, -0.05) is 36.4 Å². The van der Waals surface area contributed by atoms with E-state index in [9.17, 15) is 4.39 Å². The van der Waals surface area contributed by atoms with E-state index < -0.39 is 0 Å². The number of hydrogen-bond donors (Lipinski definition) is 0. The number of rotatable bonds is 3. The second-order valence-corrected chi connectivity index (χ2v) is 9.42. The van der Waals surface area contributed by atoms with Crippen molar-refractivity contribution in [3.63, 3.8) is 0 Å². The van der Waals surface area contributed by atoms with E-state index in [4.69, 9.17) is 0 Å². The summed E-state index contributed by atoms with van der Waals surface area (Å²) in [6.45, 7) is 0. The minimum absolute atomic E-state index is 0.211. The number of nitrogens with zero attached hydrogens (tertiary/aromatic N) is 5. The molecule has 0 amide bonds. The molecular formula is C32H18FN5.